The van der Waals surface area contributed by atoms with Crippen LogP contribution in [0.5, 0.6) is 5.75 Å². The van der Waals surface area contributed by atoms with Gasteiger partial charge in [0.1, 0.15) is 11.6 Å². The standard InChI is InChI=1S/C29H28FN3O5/c1-37-24-14-8-21(9-15-24)27(34)32-23-12-6-20(7-13-23)26-25(28(35)31-16-18-2-3-18)33(29(36)38-26)17-19-4-10-22(30)11-5-19/h4-15,18,25-26H,2-3,16-17H2,1H3,(H,31,35)(H,32,34). The van der Waals surface area contributed by atoms with E-state index in [9.17, 15) is 18.8 Å². The Hall–Kier alpha value is -4.40. The third kappa shape index (κ3) is 5.77. The number of anilines is 1. The van der Waals surface area contributed by atoms with E-state index in [0.717, 1.165) is 12.8 Å². The van der Waals surface area contributed by atoms with Crippen molar-refractivity contribution in [2.45, 2.75) is 31.5 Å². The summed E-state index contributed by atoms with van der Waals surface area (Å²) in [4.78, 5) is 40.1. The summed E-state index contributed by atoms with van der Waals surface area (Å²) < 4.78 is 24.2. The molecule has 5 rings (SSSR count). The summed E-state index contributed by atoms with van der Waals surface area (Å²) in [6, 6.07) is 18.5. The van der Waals surface area contributed by atoms with Crippen molar-refractivity contribution in [3.63, 3.8) is 0 Å². The Morgan fingerprint density at radius 2 is 1.68 bits per heavy atom. The average Bonchev–Trinajstić information content (AvgIpc) is 3.71. The Kier molecular flexibility index (Phi) is 7.26. The largest absolute Gasteiger partial charge is 0.497 e. The summed E-state index contributed by atoms with van der Waals surface area (Å²) in [7, 11) is 1.56. The van der Waals surface area contributed by atoms with Gasteiger partial charge >= 0.3 is 6.09 Å². The number of halogens is 1. The Morgan fingerprint density at radius 1 is 1.00 bits per heavy atom. The number of benzene rings is 3. The first-order valence-corrected chi connectivity index (χ1v) is 12.5. The fourth-order valence-corrected chi connectivity index (χ4v) is 4.37. The normalized spacial score (nSPS) is 18.6. The number of nitrogens with one attached hydrogen (secondary N) is 2. The van der Waals surface area contributed by atoms with E-state index in [1.54, 1.807) is 67.8 Å². The van der Waals surface area contributed by atoms with E-state index in [2.05, 4.69) is 10.6 Å². The molecule has 0 bridgehead atoms. The van der Waals surface area contributed by atoms with Crippen molar-refractivity contribution in [3.8, 4) is 5.75 Å². The summed E-state index contributed by atoms with van der Waals surface area (Å²) in [5.41, 5.74) is 2.33. The van der Waals surface area contributed by atoms with Gasteiger partial charge in [0.15, 0.2) is 12.1 Å². The minimum Gasteiger partial charge on any atom is -0.497 e. The van der Waals surface area contributed by atoms with Crippen LogP contribution in [0.1, 0.15) is 40.4 Å². The van der Waals surface area contributed by atoms with Crippen LogP contribution in [0.2, 0.25) is 0 Å². The highest BCUT2D eigenvalue weighted by molar-refractivity contribution is 6.04. The van der Waals surface area contributed by atoms with Crippen LogP contribution in [0.4, 0.5) is 14.9 Å². The minimum atomic E-state index is -0.897. The Bertz CT molecular complexity index is 1310. The molecule has 2 unspecified atom stereocenters. The lowest BCUT2D eigenvalue weighted by atomic mass is 10.00. The highest BCUT2D eigenvalue weighted by Crippen LogP contribution is 2.35. The molecule has 1 saturated carbocycles. The van der Waals surface area contributed by atoms with E-state index in [4.69, 9.17) is 9.47 Å². The van der Waals surface area contributed by atoms with Gasteiger partial charge in [-0.15, -0.1) is 0 Å². The number of ether oxygens (including phenoxy) is 2. The lowest BCUT2D eigenvalue weighted by molar-refractivity contribution is -0.126. The van der Waals surface area contributed by atoms with Crippen LogP contribution in [0.25, 0.3) is 0 Å². The second-order valence-corrected chi connectivity index (χ2v) is 9.50. The molecule has 2 fully saturated rings. The zero-order valence-electron chi connectivity index (χ0n) is 20.9. The molecule has 3 amide bonds. The summed E-state index contributed by atoms with van der Waals surface area (Å²) in [6.07, 6.45) is 0.691. The van der Waals surface area contributed by atoms with Gasteiger partial charge in [-0.1, -0.05) is 24.3 Å². The van der Waals surface area contributed by atoms with Gasteiger partial charge in [0.05, 0.1) is 13.7 Å². The van der Waals surface area contributed by atoms with Gasteiger partial charge in [0.2, 0.25) is 5.91 Å². The van der Waals surface area contributed by atoms with Crippen LogP contribution in [0.3, 0.4) is 0 Å². The van der Waals surface area contributed by atoms with Gasteiger partial charge < -0.3 is 20.1 Å². The molecule has 1 aliphatic carbocycles. The smallest absolute Gasteiger partial charge is 0.411 e. The molecule has 0 spiro atoms. The fourth-order valence-electron chi connectivity index (χ4n) is 4.37. The fraction of sp³-hybridized carbons (Fsp3) is 0.276. The number of carbonyl (C=O) groups excluding carboxylic acids is 3. The van der Waals surface area contributed by atoms with Gasteiger partial charge in [0.25, 0.3) is 5.91 Å². The van der Waals surface area contributed by atoms with Gasteiger partial charge in [-0.05, 0) is 78.4 Å². The lowest BCUT2D eigenvalue weighted by Gasteiger charge is -2.24. The molecule has 3 aromatic carbocycles. The molecular formula is C29H28FN3O5. The quantitative estimate of drug-likeness (QED) is 0.430. The molecule has 0 aromatic heterocycles. The van der Waals surface area contributed by atoms with Gasteiger partial charge in [0, 0.05) is 17.8 Å². The van der Waals surface area contributed by atoms with Crippen molar-refractivity contribution < 1.29 is 28.2 Å². The lowest BCUT2D eigenvalue weighted by Crippen LogP contribution is -2.46. The number of methoxy groups -OCH3 is 1. The van der Waals surface area contributed by atoms with Crippen LogP contribution in [0.15, 0.2) is 72.8 Å². The molecule has 2 N–H and O–H groups in total. The van der Waals surface area contributed by atoms with E-state index in [1.165, 1.54) is 17.0 Å². The number of amides is 3. The molecule has 196 valence electrons. The number of hydrogen-bond acceptors (Lipinski definition) is 5. The maximum Gasteiger partial charge on any atom is 0.411 e. The van der Waals surface area contributed by atoms with E-state index in [-0.39, 0.29) is 24.2 Å². The first kappa shape index (κ1) is 25.3. The Balaban J connectivity index is 1.32. The van der Waals surface area contributed by atoms with E-state index >= 15 is 0 Å². The number of hydrogen-bond donors (Lipinski definition) is 2. The molecule has 1 saturated heterocycles. The van der Waals surface area contributed by atoms with Crippen molar-refractivity contribution in [1.82, 2.24) is 10.2 Å². The number of rotatable bonds is 9. The molecule has 38 heavy (non-hydrogen) atoms. The van der Waals surface area contributed by atoms with Crippen LogP contribution in [-0.4, -0.2) is 42.5 Å². The van der Waals surface area contributed by atoms with E-state index in [0.29, 0.717) is 40.6 Å². The van der Waals surface area contributed by atoms with Gasteiger partial charge in [-0.2, -0.15) is 0 Å². The summed E-state index contributed by atoms with van der Waals surface area (Å²) in [6.45, 7) is 0.657. The Morgan fingerprint density at radius 3 is 2.32 bits per heavy atom. The molecule has 0 radical (unpaired) electrons. The molecule has 1 aliphatic heterocycles. The highest BCUT2D eigenvalue weighted by atomic mass is 19.1. The highest BCUT2D eigenvalue weighted by Gasteiger charge is 2.47. The number of nitrogens with zero attached hydrogens (tertiary/aromatic N) is 1. The molecular weight excluding hydrogens is 489 g/mol. The van der Waals surface area contributed by atoms with Crippen molar-refractivity contribution in [1.29, 1.82) is 0 Å². The van der Waals surface area contributed by atoms with Crippen LogP contribution in [0, 0.1) is 11.7 Å². The topological polar surface area (TPSA) is 97.0 Å². The first-order chi connectivity index (χ1) is 18.4. The Labute approximate surface area is 219 Å². The van der Waals surface area contributed by atoms with Gasteiger partial charge in [-0.25, -0.2) is 9.18 Å². The van der Waals surface area contributed by atoms with E-state index in [1.807, 2.05) is 0 Å². The molecule has 1 heterocycles. The second kappa shape index (κ2) is 10.9. The molecule has 3 aromatic rings. The predicted molar refractivity (Wildman–Crippen MR) is 138 cm³/mol. The number of carbonyl (C=O) groups is 3. The zero-order valence-corrected chi connectivity index (χ0v) is 20.9. The summed E-state index contributed by atoms with van der Waals surface area (Å²) >= 11 is 0. The molecule has 8 nitrogen and oxygen atoms in total. The summed E-state index contributed by atoms with van der Waals surface area (Å²) in [5, 5.41) is 5.79. The predicted octanol–water partition coefficient (Wildman–Crippen LogP) is 4.67. The first-order valence-electron chi connectivity index (χ1n) is 12.5. The monoisotopic (exact) mass is 517 g/mol. The number of cyclic esters (lactones) is 1. The van der Waals surface area contributed by atoms with Crippen molar-refractivity contribution in [2.75, 3.05) is 19.0 Å². The zero-order chi connectivity index (χ0) is 26.6. The molecule has 9 heteroatoms. The third-order valence-electron chi connectivity index (χ3n) is 6.73. The van der Waals surface area contributed by atoms with Crippen molar-refractivity contribution >= 4 is 23.6 Å². The maximum atomic E-state index is 13.4. The third-order valence-corrected chi connectivity index (χ3v) is 6.73. The summed E-state index contributed by atoms with van der Waals surface area (Å²) in [5.74, 6) is 0.159. The van der Waals surface area contributed by atoms with Crippen LogP contribution < -0.4 is 15.4 Å². The van der Waals surface area contributed by atoms with Crippen LogP contribution in [-0.2, 0) is 16.1 Å². The second-order valence-electron chi connectivity index (χ2n) is 9.50. The maximum absolute atomic E-state index is 13.4. The van der Waals surface area contributed by atoms with E-state index < -0.39 is 18.2 Å². The van der Waals surface area contributed by atoms with Crippen molar-refractivity contribution in [2.24, 2.45) is 5.92 Å². The minimum absolute atomic E-state index is 0.104. The van der Waals surface area contributed by atoms with Crippen LogP contribution >= 0.6 is 0 Å². The average molecular weight is 518 g/mol. The van der Waals surface area contributed by atoms with Crippen molar-refractivity contribution in [3.05, 3.63) is 95.3 Å². The molecule has 2 atom stereocenters. The van der Waals surface area contributed by atoms with Gasteiger partial charge in [-0.3, -0.25) is 14.5 Å². The SMILES string of the molecule is COc1ccc(C(=O)Nc2ccc(C3OC(=O)N(Cc4ccc(F)cc4)C3C(=O)NCC3CC3)cc2)cc1. The molecule has 2 aliphatic rings.